The summed E-state index contributed by atoms with van der Waals surface area (Å²) in [6.45, 7) is 1.73. The number of Topliss-reactive ketones (excluding diaryl/α,β-unsaturated/α-hetero) is 1. The van der Waals surface area contributed by atoms with Crippen molar-refractivity contribution in [3.63, 3.8) is 0 Å². The summed E-state index contributed by atoms with van der Waals surface area (Å²) in [7, 11) is 0. The van der Waals surface area contributed by atoms with E-state index in [0.717, 1.165) is 11.5 Å². The van der Waals surface area contributed by atoms with Gasteiger partial charge in [-0.25, -0.2) is 9.97 Å². The molecule has 2 amide bonds. The molecule has 1 atom stereocenters. The van der Waals surface area contributed by atoms with Crippen molar-refractivity contribution in [2.45, 2.75) is 19.4 Å². The normalized spacial score (nSPS) is 11.7. The van der Waals surface area contributed by atoms with Gasteiger partial charge in [0.15, 0.2) is 5.82 Å². The summed E-state index contributed by atoms with van der Waals surface area (Å²) in [4.78, 5) is 44.8. The lowest BCUT2D eigenvalue weighted by Crippen LogP contribution is -2.47. The fourth-order valence-corrected chi connectivity index (χ4v) is 3.26. The minimum Gasteiger partial charge on any atom is -0.472 e. The van der Waals surface area contributed by atoms with Gasteiger partial charge in [-0.1, -0.05) is 0 Å². The van der Waals surface area contributed by atoms with Crippen molar-refractivity contribution >= 4 is 29.1 Å². The van der Waals surface area contributed by atoms with Crippen LogP contribution in [0.1, 0.15) is 20.9 Å². The Morgan fingerprint density at radius 3 is 2.67 bits per heavy atom. The molecular formula is C17H15N5O4S. The number of ketones is 1. The van der Waals surface area contributed by atoms with Gasteiger partial charge in [-0.3, -0.25) is 14.4 Å². The van der Waals surface area contributed by atoms with Crippen LogP contribution < -0.4 is 11.1 Å². The second-order valence-electron chi connectivity index (χ2n) is 5.63. The van der Waals surface area contributed by atoms with Crippen molar-refractivity contribution in [1.82, 2.24) is 19.7 Å². The smallest absolute Gasteiger partial charge is 0.287 e. The SMILES string of the molecule is Cc1nsc(C(=O)NC(Cc2ccoc2)C(=O)C(N)=O)c1-c1ncccn1. The van der Waals surface area contributed by atoms with Crippen LogP contribution in [-0.4, -0.2) is 38.0 Å². The van der Waals surface area contributed by atoms with Crippen molar-refractivity contribution in [2.24, 2.45) is 5.73 Å². The Balaban J connectivity index is 1.88. The summed E-state index contributed by atoms with van der Waals surface area (Å²) in [6.07, 6.45) is 6.03. The number of furan rings is 1. The Labute approximate surface area is 157 Å². The molecule has 0 saturated heterocycles. The highest BCUT2D eigenvalue weighted by atomic mass is 32.1. The van der Waals surface area contributed by atoms with Gasteiger partial charge < -0.3 is 15.5 Å². The van der Waals surface area contributed by atoms with Gasteiger partial charge in [0.2, 0.25) is 5.78 Å². The second kappa shape index (κ2) is 7.87. The number of amides is 2. The predicted molar refractivity (Wildman–Crippen MR) is 95.7 cm³/mol. The molecule has 3 rings (SSSR count). The summed E-state index contributed by atoms with van der Waals surface area (Å²) >= 11 is 0.961. The Morgan fingerprint density at radius 2 is 2.04 bits per heavy atom. The number of hydrogen-bond acceptors (Lipinski definition) is 8. The minimum absolute atomic E-state index is 0.0684. The Bertz CT molecular complexity index is 969. The second-order valence-corrected chi connectivity index (χ2v) is 6.41. The van der Waals surface area contributed by atoms with E-state index in [1.54, 1.807) is 31.5 Å². The standard InChI is InChI=1S/C17H15N5O4S/c1-9-12(16-19-4-2-5-20-16)14(27-22-9)17(25)21-11(13(23)15(18)24)7-10-3-6-26-8-10/h2-6,8,11H,7H2,1H3,(H2,18,24)(H,21,25). The molecule has 0 fully saturated rings. The molecule has 0 aromatic carbocycles. The van der Waals surface area contributed by atoms with Crippen LogP contribution in [0, 0.1) is 6.92 Å². The number of carbonyl (C=O) groups excluding carboxylic acids is 3. The molecule has 138 valence electrons. The molecule has 1 unspecified atom stereocenters. The van der Waals surface area contributed by atoms with Crippen LogP contribution >= 0.6 is 11.5 Å². The molecule has 0 spiro atoms. The molecule has 10 heteroatoms. The Morgan fingerprint density at radius 1 is 1.30 bits per heavy atom. The van der Waals surface area contributed by atoms with E-state index in [-0.39, 0.29) is 11.3 Å². The van der Waals surface area contributed by atoms with Crippen LogP contribution in [0.3, 0.4) is 0 Å². The zero-order valence-electron chi connectivity index (χ0n) is 14.2. The highest BCUT2D eigenvalue weighted by Gasteiger charge is 2.29. The molecule has 0 aliphatic heterocycles. The van der Waals surface area contributed by atoms with E-state index in [9.17, 15) is 14.4 Å². The third kappa shape index (κ3) is 4.06. The van der Waals surface area contributed by atoms with E-state index in [1.807, 2.05) is 0 Å². The molecule has 0 radical (unpaired) electrons. The van der Waals surface area contributed by atoms with Gasteiger partial charge in [0.1, 0.15) is 10.9 Å². The molecule has 3 aromatic heterocycles. The zero-order chi connectivity index (χ0) is 19.4. The fraction of sp³-hybridized carbons (Fsp3) is 0.176. The number of nitrogens with one attached hydrogen (secondary N) is 1. The Kier molecular flexibility index (Phi) is 5.36. The first-order valence-corrected chi connectivity index (χ1v) is 8.64. The average Bonchev–Trinajstić information content (AvgIpc) is 3.30. The molecule has 0 aliphatic rings. The summed E-state index contributed by atoms with van der Waals surface area (Å²) in [5, 5.41) is 2.56. The topological polar surface area (TPSA) is 141 Å². The lowest BCUT2D eigenvalue weighted by Gasteiger charge is -2.15. The molecule has 3 N–H and O–H groups in total. The van der Waals surface area contributed by atoms with Crippen molar-refractivity contribution in [3.8, 4) is 11.4 Å². The number of primary amides is 1. The van der Waals surface area contributed by atoms with E-state index in [1.165, 1.54) is 12.5 Å². The average molecular weight is 385 g/mol. The van der Waals surface area contributed by atoms with Crippen LogP contribution in [0.15, 0.2) is 41.5 Å². The van der Waals surface area contributed by atoms with Gasteiger partial charge in [0.05, 0.1) is 23.8 Å². The lowest BCUT2D eigenvalue weighted by molar-refractivity contribution is -0.137. The number of hydrogen-bond donors (Lipinski definition) is 2. The van der Waals surface area contributed by atoms with Crippen molar-refractivity contribution in [2.75, 3.05) is 0 Å². The maximum absolute atomic E-state index is 12.8. The number of carbonyl (C=O) groups is 3. The summed E-state index contributed by atoms with van der Waals surface area (Å²) in [5.74, 6) is -2.24. The highest BCUT2D eigenvalue weighted by Crippen LogP contribution is 2.27. The first kappa shape index (κ1) is 18.4. The van der Waals surface area contributed by atoms with E-state index in [0.29, 0.717) is 22.6 Å². The number of nitrogens with two attached hydrogens (primary N) is 1. The third-order valence-electron chi connectivity index (χ3n) is 3.74. The first-order chi connectivity index (χ1) is 13.0. The van der Waals surface area contributed by atoms with Gasteiger partial charge in [-0.15, -0.1) is 0 Å². The minimum atomic E-state index is -1.13. The lowest BCUT2D eigenvalue weighted by atomic mass is 10.0. The molecule has 9 nitrogen and oxygen atoms in total. The van der Waals surface area contributed by atoms with Crippen molar-refractivity contribution in [3.05, 3.63) is 53.2 Å². The molecule has 3 heterocycles. The zero-order valence-corrected chi connectivity index (χ0v) is 15.0. The molecule has 0 bridgehead atoms. The highest BCUT2D eigenvalue weighted by molar-refractivity contribution is 7.08. The number of aromatic nitrogens is 3. The van der Waals surface area contributed by atoms with Gasteiger partial charge in [-0.2, -0.15) is 4.37 Å². The molecular weight excluding hydrogens is 370 g/mol. The number of aryl methyl sites for hydroxylation is 1. The quantitative estimate of drug-likeness (QED) is 0.575. The summed E-state index contributed by atoms with van der Waals surface area (Å²) < 4.78 is 9.15. The maximum atomic E-state index is 12.8. The van der Waals surface area contributed by atoms with E-state index >= 15 is 0 Å². The van der Waals surface area contributed by atoms with Crippen LogP contribution in [-0.2, 0) is 16.0 Å². The van der Waals surface area contributed by atoms with Gasteiger partial charge in [0.25, 0.3) is 11.8 Å². The van der Waals surface area contributed by atoms with Crippen LogP contribution in [0.25, 0.3) is 11.4 Å². The monoisotopic (exact) mass is 385 g/mol. The largest absolute Gasteiger partial charge is 0.472 e. The predicted octanol–water partition coefficient (Wildman–Crippen LogP) is 0.897. The van der Waals surface area contributed by atoms with Crippen molar-refractivity contribution in [1.29, 1.82) is 0 Å². The van der Waals surface area contributed by atoms with E-state index in [2.05, 4.69) is 19.7 Å². The van der Waals surface area contributed by atoms with Crippen molar-refractivity contribution < 1.29 is 18.8 Å². The van der Waals surface area contributed by atoms with E-state index in [4.69, 9.17) is 10.2 Å². The molecule has 0 aliphatic carbocycles. The molecule has 27 heavy (non-hydrogen) atoms. The van der Waals surface area contributed by atoms with Crippen LogP contribution in [0.2, 0.25) is 0 Å². The summed E-state index contributed by atoms with van der Waals surface area (Å²) in [6, 6.07) is 2.16. The first-order valence-electron chi connectivity index (χ1n) is 7.86. The summed E-state index contributed by atoms with van der Waals surface area (Å²) in [5.41, 5.74) is 6.82. The molecule has 0 saturated carbocycles. The Hall–Kier alpha value is -3.40. The van der Waals surface area contributed by atoms with E-state index < -0.39 is 23.6 Å². The number of rotatable bonds is 7. The number of nitrogens with zero attached hydrogens (tertiary/aromatic N) is 3. The van der Waals surface area contributed by atoms with Gasteiger partial charge >= 0.3 is 0 Å². The van der Waals surface area contributed by atoms with Gasteiger partial charge in [-0.05, 0) is 36.2 Å². The van der Waals surface area contributed by atoms with Gasteiger partial charge in [0, 0.05) is 18.8 Å². The van der Waals surface area contributed by atoms with Crippen LogP contribution in [0.5, 0.6) is 0 Å². The maximum Gasteiger partial charge on any atom is 0.287 e. The molecule has 3 aromatic rings. The van der Waals surface area contributed by atoms with Crippen LogP contribution in [0.4, 0.5) is 0 Å². The fourth-order valence-electron chi connectivity index (χ4n) is 2.47. The third-order valence-corrected chi connectivity index (χ3v) is 4.68.